The van der Waals surface area contributed by atoms with Crippen molar-refractivity contribution in [2.75, 3.05) is 4.90 Å². The maximum Gasteiger partial charge on any atom is 0.0468 e. The van der Waals surface area contributed by atoms with Gasteiger partial charge in [0, 0.05) is 27.9 Å². The van der Waals surface area contributed by atoms with E-state index in [0.717, 1.165) is 11.4 Å². The van der Waals surface area contributed by atoms with Gasteiger partial charge >= 0.3 is 0 Å². The van der Waals surface area contributed by atoms with Gasteiger partial charge in [-0.1, -0.05) is 131 Å². The predicted octanol–water partition coefficient (Wildman–Crippen LogP) is 12.6. The summed E-state index contributed by atoms with van der Waals surface area (Å²) in [6.07, 6.45) is 0. The van der Waals surface area contributed by atoms with Gasteiger partial charge in [-0.25, -0.2) is 0 Å². The lowest BCUT2D eigenvalue weighted by Crippen LogP contribution is -2.16. The van der Waals surface area contributed by atoms with Crippen LogP contribution in [0.15, 0.2) is 152 Å². The fourth-order valence-corrected chi connectivity index (χ4v) is 8.31. The van der Waals surface area contributed by atoms with Gasteiger partial charge in [-0.2, -0.15) is 0 Å². The van der Waals surface area contributed by atoms with Gasteiger partial charge in [0.05, 0.1) is 0 Å². The van der Waals surface area contributed by atoms with Gasteiger partial charge in [0.2, 0.25) is 0 Å². The average molecular weight is 604 g/mol. The summed E-state index contributed by atoms with van der Waals surface area (Å²) >= 11 is 0. The largest absolute Gasteiger partial charge is 0.310 e. The van der Waals surface area contributed by atoms with Crippen LogP contribution in [0.3, 0.4) is 0 Å². The number of hydrogen-bond acceptors (Lipinski definition) is 1. The van der Waals surface area contributed by atoms with E-state index >= 15 is 0 Å². The SMILES string of the molecule is CC1(C)c2ccccc2-c2ccc(N(c3cccc(-c4ccccc4)c3)c3ccc4cc5c(cc4c3)C(C)(C)c3ccccc3-5)cc21. The maximum atomic E-state index is 2.44. The predicted molar refractivity (Wildman–Crippen MR) is 199 cm³/mol. The molecule has 226 valence electrons. The van der Waals surface area contributed by atoms with Gasteiger partial charge in [-0.05, 0) is 115 Å². The molecule has 0 aromatic heterocycles. The van der Waals surface area contributed by atoms with Crippen LogP contribution in [0.1, 0.15) is 49.9 Å². The number of fused-ring (bicyclic) bond motifs is 7. The summed E-state index contributed by atoms with van der Waals surface area (Å²) in [6, 6.07) is 56.3. The fourth-order valence-electron chi connectivity index (χ4n) is 8.31. The highest BCUT2D eigenvalue weighted by Crippen LogP contribution is 2.52. The van der Waals surface area contributed by atoms with Crippen LogP contribution < -0.4 is 4.90 Å². The van der Waals surface area contributed by atoms with Crippen molar-refractivity contribution in [3.05, 3.63) is 174 Å². The first-order valence-electron chi connectivity index (χ1n) is 16.7. The van der Waals surface area contributed by atoms with Gasteiger partial charge in [0.25, 0.3) is 0 Å². The third-order valence-electron chi connectivity index (χ3n) is 10.8. The first-order valence-corrected chi connectivity index (χ1v) is 16.7. The summed E-state index contributed by atoms with van der Waals surface area (Å²) in [5.74, 6) is 0. The molecule has 0 bridgehead atoms. The normalized spacial score (nSPS) is 14.7. The van der Waals surface area contributed by atoms with Crippen molar-refractivity contribution in [3.8, 4) is 33.4 Å². The number of nitrogens with zero attached hydrogens (tertiary/aromatic N) is 1. The van der Waals surface area contributed by atoms with Crippen molar-refractivity contribution >= 4 is 27.8 Å². The molecule has 0 atom stereocenters. The Hall–Kier alpha value is -5.40. The van der Waals surface area contributed by atoms with Crippen LogP contribution in [0.5, 0.6) is 0 Å². The quantitative estimate of drug-likeness (QED) is 0.193. The molecule has 0 unspecified atom stereocenters. The molecular weight excluding hydrogens is 567 g/mol. The summed E-state index contributed by atoms with van der Waals surface area (Å²) in [7, 11) is 0. The number of benzene rings is 7. The molecular formula is C46H37N. The van der Waals surface area contributed by atoms with Crippen LogP contribution in [0, 0.1) is 0 Å². The van der Waals surface area contributed by atoms with Crippen LogP contribution in [-0.4, -0.2) is 0 Å². The summed E-state index contributed by atoms with van der Waals surface area (Å²) in [5, 5.41) is 2.53. The van der Waals surface area contributed by atoms with E-state index in [4.69, 9.17) is 0 Å². The molecule has 7 aromatic carbocycles. The monoisotopic (exact) mass is 603 g/mol. The second-order valence-corrected chi connectivity index (χ2v) is 14.3. The van der Waals surface area contributed by atoms with Crippen molar-refractivity contribution in [1.29, 1.82) is 0 Å². The Bertz CT molecular complexity index is 2360. The van der Waals surface area contributed by atoms with E-state index in [9.17, 15) is 0 Å². The third-order valence-corrected chi connectivity index (χ3v) is 10.8. The molecule has 0 saturated carbocycles. The average Bonchev–Trinajstić information content (AvgIpc) is 3.47. The third kappa shape index (κ3) is 4.16. The number of hydrogen-bond donors (Lipinski definition) is 0. The molecule has 0 N–H and O–H groups in total. The van der Waals surface area contributed by atoms with Crippen LogP contribution in [-0.2, 0) is 10.8 Å². The molecule has 0 aliphatic heterocycles. The molecule has 0 radical (unpaired) electrons. The zero-order chi connectivity index (χ0) is 31.9. The molecule has 2 aliphatic carbocycles. The van der Waals surface area contributed by atoms with Gasteiger partial charge in [0.15, 0.2) is 0 Å². The van der Waals surface area contributed by atoms with Crippen LogP contribution in [0.4, 0.5) is 17.1 Å². The van der Waals surface area contributed by atoms with Crippen LogP contribution >= 0.6 is 0 Å². The Morgan fingerprint density at radius 3 is 1.64 bits per heavy atom. The van der Waals surface area contributed by atoms with E-state index in [0.29, 0.717) is 0 Å². The van der Waals surface area contributed by atoms with E-state index in [1.807, 2.05) is 0 Å². The molecule has 2 aliphatic rings. The Labute approximate surface area is 277 Å². The van der Waals surface area contributed by atoms with Crippen molar-refractivity contribution in [2.45, 2.75) is 38.5 Å². The highest BCUT2D eigenvalue weighted by Gasteiger charge is 2.37. The Morgan fingerprint density at radius 2 is 0.894 bits per heavy atom. The van der Waals surface area contributed by atoms with Gasteiger partial charge in [-0.15, -0.1) is 0 Å². The molecule has 1 nitrogen and oxygen atoms in total. The minimum atomic E-state index is -0.0793. The lowest BCUT2D eigenvalue weighted by Gasteiger charge is -2.29. The molecule has 0 fully saturated rings. The maximum absolute atomic E-state index is 2.44. The number of rotatable bonds is 4. The Kier molecular flexibility index (Phi) is 5.96. The van der Waals surface area contributed by atoms with Crippen molar-refractivity contribution < 1.29 is 0 Å². The van der Waals surface area contributed by atoms with E-state index in [2.05, 4.69) is 184 Å². The summed E-state index contributed by atoms with van der Waals surface area (Å²) in [6.45, 7) is 9.44. The minimum Gasteiger partial charge on any atom is -0.310 e. The van der Waals surface area contributed by atoms with Crippen LogP contribution in [0.2, 0.25) is 0 Å². The lowest BCUT2D eigenvalue weighted by molar-refractivity contribution is 0.660. The van der Waals surface area contributed by atoms with Crippen LogP contribution in [0.25, 0.3) is 44.2 Å². The molecule has 0 amide bonds. The Balaban J connectivity index is 1.24. The van der Waals surface area contributed by atoms with Crippen molar-refractivity contribution in [2.24, 2.45) is 0 Å². The smallest absolute Gasteiger partial charge is 0.0468 e. The second-order valence-electron chi connectivity index (χ2n) is 14.3. The highest BCUT2D eigenvalue weighted by molar-refractivity contribution is 5.96. The van der Waals surface area contributed by atoms with Gasteiger partial charge in [-0.3, -0.25) is 0 Å². The van der Waals surface area contributed by atoms with E-state index in [1.54, 1.807) is 0 Å². The minimum absolute atomic E-state index is 0.0413. The fraction of sp³-hybridized carbons (Fsp3) is 0.130. The molecule has 7 aromatic rings. The first-order chi connectivity index (χ1) is 22.8. The van der Waals surface area contributed by atoms with Gasteiger partial charge in [0.1, 0.15) is 0 Å². The van der Waals surface area contributed by atoms with Gasteiger partial charge < -0.3 is 4.90 Å². The summed E-state index contributed by atoms with van der Waals surface area (Å²) < 4.78 is 0. The zero-order valence-electron chi connectivity index (χ0n) is 27.4. The summed E-state index contributed by atoms with van der Waals surface area (Å²) in [4.78, 5) is 2.44. The highest BCUT2D eigenvalue weighted by atomic mass is 15.1. The molecule has 1 heteroatoms. The summed E-state index contributed by atoms with van der Waals surface area (Å²) in [5.41, 5.74) is 16.8. The topological polar surface area (TPSA) is 3.24 Å². The zero-order valence-corrected chi connectivity index (χ0v) is 27.4. The van der Waals surface area contributed by atoms with E-state index < -0.39 is 0 Å². The lowest BCUT2D eigenvalue weighted by atomic mass is 9.82. The molecule has 0 spiro atoms. The molecule has 0 heterocycles. The van der Waals surface area contributed by atoms with Crippen molar-refractivity contribution in [3.63, 3.8) is 0 Å². The van der Waals surface area contributed by atoms with Crippen molar-refractivity contribution in [1.82, 2.24) is 0 Å². The molecule has 0 saturated heterocycles. The second kappa shape index (κ2) is 10.0. The first kappa shape index (κ1) is 27.9. The van der Waals surface area contributed by atoms with E-state index in [-0.39, 0.29) is 10.8 Å². The molecule has 9 rings (SSSR count). The Morgan fingerprint density at radius 1 is 0.340 bits per heavy atom. The molecule has 47 heavy (non-hydrogen) atoms. The standard InChI is InChI=1S/C46H37N/c1-45(2)42-20-11-9-18-38(42)40-27-32-21-22-35(26-33(32)28-43(40)45)47(34-16-12-15-31(25-34)30-13-6-5-7-14-30)36-23-24-39-37-17-8-10-19-41(37)46(3,4)44(39)29-36/h5-29H,1-4H3. The van der Waals surface area contributed by atoms with E-state index in [1.165, 1.54) is 72.1 Å². The number of anilines is 3.